The molecule has 0 aromatic heterocycles. The van der Waals surface area contributed by atoms with Crippen molar-refractivity contribution < 1.29 is 9.31 Å². The van der Waals surface area contributed by atoms with E-state index < -0.39 is 17.3 Å². The van der Waals surface area contributed by atoms with Crippen molar-refractivity contribution in [2.75, 3.05) is 0 Å². The maximum absolute atomic E-state index is 12.3. The van der Waals surface area contributed by atoms with Gasteiger partial charge >= 0.3 is 0 Å². The minimum atomic E-state index is -1.00. The lowest BCUT2D eigenvalue weighted by molar-refractivity contribution is -0.385. The van der Waals surface area contributed by atoms with Crippen molar-refractivity contribution in [3.05, 3.63) is 37.9 Å². The van der Waals surface area contributed by atoms with Gasteiger partial charge in [-0.3, -0.25) is 10.1 Å². The van der Waals surface area contributed by atoms with Gasteiger partial charge < -0.3 is 0 Å². The maximum atomic E-state index is 12.3. The first kappa shape index (κ1) is 10.2. The topological polar surface area (TPSA) is 43.1 Å². The van der Waals surface area contributed by atoms with E-state index in [0.29, 0.717) is 0 Å². The van der Waals surface area contributed by atoms with E-state index in [2.05, 4.69) is 0 Å². The van der Waals surface area contributed by atoms with Gasteiger partial charge in [0.25, 0.3) is 5.69 Å². The molecule has 1 aromatic rings. The van der Waals surface area contributed by atoms with E-state index in [1.54, 1.807) is 0 Å². The number of benzene rings is 1. The first-order chi connectivity index (χ1) is 6.07. The second-order valence-corrected chi connectivity index (χ2v) is 3.06. The molecule has 6 heteroatoms. The smallest absolute Gasteiger partial charge is 0.258 e. The summed E-state index contributed by atoms with van der Waals surface area (Å²) in [5, 5.41) is 10.4. The Balaban J connectivity index is 3.43. The Morgan fingerprint density at radius 3 is 2.31 bits per heavy atom. The van der Waals surface area contributed by atoms with E-state index in [4.69, 9.17) is 23.2 Å². The van der Waals surface area contributed by atoms with Gasteiger partial charge in [-0.05, 0) is 12.1 Å². The zero-order valence-electron chi connectivity index (χ0n) is 6.26. The molecule has 0 fully saturated rings. The quantitative estimate of drug-likeness (QED) is 0.570. The molecule has 70 valence electrons. The fraction of sp³-hybridized carbons (Fsp3) is 0.143. The number of halogens is 3. The molecular weight excluding hydrogens is 220 g/mol. The van der Waals surface area contributed by atoms with Gasteiger partial charge in [-0.25, -0.2) is 4.39 Å². The summed E-state index contributed by atoms with van der Waals surface area (Å²) >= 11 is 11.1. The molecule has 13 heavy (non-hydrogen) atoms. The Morgan fingerprint density at radius 1 is 1.38 bits per heavy atom. The van der Waals surface area contributed by atoms with Crippen molar-refractivity contribution in [2.24, 2.45) is 0 Å². The molecule has 0 radical (unpaired) electrons. The van der Waals surface area contributed by atoms with Crippen molar-refractivity contribution in [3.63, 3.8) is 0 Å². The van der Waals surface area contributed by atoms with Crippen LogP contribution in [0.3, 0.4) is 0 Å². The van der Waals surface area contributed by atoms with Crippen LogP contribution in [0.25, 0.3) is 0 Å². The second kappa shape index (κ2) is 3.89. The summed E-state index contributed by atoms with van der Waals surface area (Å²) in [5.41, 5.74) is -0.643. The molecule has 0 unspecified atom stereocenters. The van der Waals surface area contributed by atoms with Gasteiger partial charge in [0.05, 0.1) is 15.5 Å². The Morgan fingerprint density at radius 2 is 1.92 bits per heavy atom. The number of alkyl halides is 1. The third-order valence-corrected chi connectivity index (χ3v) is 2.15. The standard InChI is InChI=1S/C7H4Cl2FNO2/c8-5-1-2-6(9)7(11(12)13)4(5)3-10/h1-2H,3H2. The number of nitro groups is 1. The molecule has 0 aliphatic carbocycles. The molecule has 3 nitrogen and oxygen atoms in total. The zero-order valence-corrected chi connectivity index (χ0v) is 7.77. The van der Waals surface area contributed by atoms with Crippen LogP contribution in [0.2, 0.25) is 10.0 Å². The van der Waals surface area contributed by atoms with Crippen LogP contribution >= 0.6 is 23.2 Å². The summed E-state index contributed by atoms with van der Waals surface area (Å²) in [6.07, 6.45) is 0. The van der Waals surface area contributed by atoms with Crippen molar-refractivity contribution in [1.82, 2.24) is 0 Å². The van der Waals surface area contributed by atoms with Crippen LogP contribution in [0.4, 0.5) is 10.1 Å². The van der Waals surface area contributed by atoms with Crippen molar-refractivity contribution >= 4 is 28.9 Å². The third kappa shape index (κ3) is 1.89. The molecule has 0 N–H and O–H groups in total. The normalized spacial score (nSPS) is 10.1. The Bertz CT molecular complexity index is 357. The van der Waals surface area contributed by atoms with Gasteiger partial charge in [0, 0.05) is 0 Å². The molecule has 0 atom stereocenters. The van der Waals surface area contributed by atoms with E-state index in [-0.39, 0.29) is 15.6 Å². The summed E-state index contributed by atoms with van der Waals surface area (Å²) < 4.78 is 12.3. The van der Waals surface area contributed by atoms with Crippen LogP contribution in [0, 0.1) is 10.1 Å². The Kier molecular flexibility index (Phi) is 3.06. The number of hydrogen-bond donors (Lipinski definition) is 0. The summed E-state index contributed by atoms with van der Waals surface area (Å²) in [4.78, 5) is 9.70. The van der Waals surface area contributed by atoms with Crippen LogP contribution in [0.15, 0.2) is 12.1 Å². The van der Waals surface area contributed by atoms with Gasteiger partial charge in [0.2, 0.25) is 0 Å². The molecule has 1 aromatic carbocycles. The summed E-state index contributed by atoms with van der Waals surface area (Å²) in [6, 6.07) is 2.59. The van der Waals surface area contributed by atoms with Gasteiger partial charge in [-0.15, -0.1) is 0 Å². The van der Waals surface area contributed by atoms with Crippen LogP contribution in [-0.4, -0.2) is 4.92 Å². The van der Waals surface area contributed by atoms with Crippen LogP contribution < -0.4 is 0 Å². The molecule has 0 aliphatic rings. The first-order valence-corrected chi connectivity index (χ1v) is 4.00. The van der Waals surface area contributed by atoms with E-state index in [1.165, 1.54) is 12.1 Å². The van der Waals surface area contributed by atoms with Gasteiger partial charge in [-0.2, -0.15) is 0 Å². The summed E-state index contributed by atoms with van der Waals surface area (Å²) in [6.45, 7) is -1.00. The predicted octanol–water partition coefficient (Wildman–Crippen LogP) is 3.37. The number of rotatable bonds is 2. The van der Waals surface area contributed by atoms with E-state index in [1.807, 2.05) is 0 Å². The largest absolute Gasteiger partial charge is 0.295 e. The molecule has 0 saturated heterocycles. The van der Waals surface area contributed by atoms with E-state index in [0.717, 1.165) is 0 Å². The van der Waals surface area contributed by atoms with Gasteiger partial charge in [0.15, 0.2) is 0 Å². The highest BCUT2D eigenvalue weighted by molar-refractivity contribution is 6.35. The lowest BCUT2D eigenvalue weighted by Gasteiger charge is -2.01. The fourth-order valence-electron chi connectivity index (χ4n) is 0.908. The SMILES string of the molecule is O=[N+]([O-])c1c(Cl)ccc(Cl)c1CF. The fourth-order valence-corrected chi connectivity index (χ4v) is 1.36. The van der Waals surface area contributed by atoms with Crippen molar-refractivity contribution in [3.8, 4) is 0 Å². The van der Waals surface area contributed by atoms with Crippen LogP contribution in [-0.2, 0) is 6.67 Å². The number of hydrogen-bond acceptors (Lipinski definition) is 2. The molecule has 0 saturated carbocycles. The van der Waals surface area contributed by atoms with Crippen LogP contribution in [0.5, 0.6) is 0 Å². The zero-order chi connectivity index (χ0) is 10.0. The predicted molar refractivity (Wildman–Crippen MR) is 47.9 cm³/mol. The molecule has 0 spiro atoms. The maximum Gasteiger partial charge on any atom is 0.295 e. The average Bonchev–Trinajstić information content (AvgIpc) is 2.07. The monoisotopic (exact) mass is 223 g/mol. The minimum Gasteiger partial charge on any atom is -0.258 e. The van der Waals surface area contributed by atoms with E-state index in [9.17, 15) is 14.5 Å². The minimum absolute atomic E-state index is 0.0126. The molecule has 0 amide bonds. The van der Waals surface area contributed by atoms with Crippen molar-refractivity contribution in [2.45, 2.75) is 6.67 Å². The van der Waals surface area contributed by atoms with Gasteiger partial charge in [0.1, 0.15) is 11.7 Å². The highest BCUT2D eigenvalue weighted by Crippen LogP contribution is 2.33. The molecule has 0 aliphatic heterocycles. The number of nitrogens with zero attached hydrogens (tertiary/aromatic N) is 1. The Labute approximate surface area is 83.2 Å². The third-order valence-electron chi connectivity index (χ3n) is 1.49. The van der Waals surface area contributed by atoms with Crippen LogP contribution in [0.1, 0.15) is 5.56 Å². The summed E-state index contributed by atoms with van der Waals surface area (Å²) in [5.74, 6) is 0. The highest BCUT2D eigenvalue weighted by atomic mass is 35.5. The van der Waals surface area contributed by atoms with E-state index >= 15 is 0 Å². The second-order valence-electron chi connectivity index (χ2n) is 2.25. The first-order valence-electron chi connectivity index (χ1n) is 3.25. The Hall–Kier alpha value is -0.870. The molecule has 0 bridgehead atoms. The van der Waals surface area contributed by atoms with Gasteiger partial charge in [-0.1, -0.05) is 23.2 Å². The highest BCUT2D eigenvalue weighted by Gasteiger charge is 2.21. The molecular formula is C7H4Cl2FNO2. The molecule has 0 heterocycles. The summed E-state index contributed by atoms with van der Waals surface area (Å²) in [7, 11) is 0. The van der Waals surface area contributed by atoms with Crippen molar-refractivity contribution in [1.29, 1.82) is 0 Å². The average molecular weight is 224 g/mol. The number of nitro benzene ring substituents is 1. The molecule has 1 rings (SSSR count). The lowest BCUT2D eigenvalue weighted by atomic mass is 10.2. The lowest BCUT2D eigenvalue weighted by Crippen LogP contribution is -1.95.